The molecule has 6 saturated heterocycles. The first-order valence-electron chi connectivity index (χ1n) is 22.9. The molecule has 6 rings (SSSR count). The number of carbonyl (C=O) groups is 3. The van der Waals surface area contributed by atoms with E-state index in [0.29, 0.717) is 11.8 Å². The van der Waals surface area contributed by atoms with Crippen molar-refractivity contribution >= 4 is 26.4 Å². The van der Waals surface area contributed by atoms with Gasteiger partial charge >= 0.3 is 41.7 Å². The molecule has 0 atom stereocenters. The molecule has 0 aromatic heterocycles. The molecule has 6 heterocycles. The van der Waals surface area contributed by atoms with Gasteiger partial charge in [-0.15, -0.1) is 0 Å². The van der Waals surface area contributed by atoms with Crippen molar-refractivity contribution in [3.05, 3.63) is 0 Å². The van der Waals surface area contributed by atoms with Crippen molar-refractivity contribution in [3.8, 4) is 0 Å². The molecule has 0 aromatic carbocycles. The Morgan fingerprint density at radius 3 is 1.29 bits per heavy atom. The quantitative estimate of drug-likeness (QED) is 0.413. The minimum Gasteiger partial charge on any atom is -1.00 e. The molecule has 6 aliphatic rings. The van der Waals surface area contributed by atoms with Crippen LogP contribution in [0.5, 0.6) is 0 Å². The number of nitrogens with one attached hydrogen (secondary N) is 1. The minimum absolute atomic E-state index is 0. The van der Waals surface area contributed by atoms with Gasteiger partial charge in [0.2, 0.25) is 0 Å². The van der Waals surface area contributed by atoms with E-state index in [4.69, 9.17) is 9.47 Å². The Hall–Kier alpha value is -0.965. The van der Waals surface area contributed by atoms with Crippen molar-refractivity contribution in [2.75, 3.05) is 124 Å². The zero-order valence-corrected chi connectivity index (χ0v) is 41.7. The average Bonchev–Trinajstić information content (AvgIpc) is 3.21. The number of carbonyl (C=O) groups excluding carboxylic acids is 3. The number of likely N-dealkylation sites (tertiary alicyclic amines) is 4. The van der Waals surface area contributed by atoms with Crippen molar-refractivity contribution < 1.29 is 54.8 Å². The fourth-order valence-electron chi connectivity index (χ4n) is 8.37. The first kappa shape index (κ1) is 56.1. The van der Waals surface area contributed by atoms with E-state index in [1.807, 2.05) is 46.4 Å². The molecule has 13 nitrogen and oxygen atoms in total. The molecule has 0 saturated carbocycles. The third kappa shape index (κ3) is 22.8. The van der Waals surface area contributed by atoms with E-state index in [-0.39, 0.29) is 57.2 Å². The number of hydrogen-bond acceptors (Lipinski definition) is 11. The van der Waals surface area contributed by atoms with Crippen molar-refractivity contribution in [2.24, 2.45) is 0 Å². The third-order valence-corrected chi connectivity index (χ3v) is 12.0. The van der Waals surface area contributed by atoms with Crippen LogP contribution >= 0.6 is 0 Å². The van der Waals surface area contributed by atoms with Gasteiger partial charge in [-0.2, -0.15) is 0 Å². The molecular formula is C44H87BN8NaO5. The fourth-order valence-corrected chi connectivity index (χ4v) is 8.37. The number of piperazine rings is 2. The predicted octanol–water partition coefficient (Wildman–Crippen LogP) is 2.21. The van der Waals surface area contributed by atoms with Crippen LogP contribution in [0.25, 0.3) is 0 Å². The van der Waals surface area contributed by atoms with Crippen LogP contribution in [0.15, 0.2) is 0 Å². The third-order valence-electron chi connectivity index (χ3n) is 12.0. The van der Waals surface area contributed by atoms with Gasteiger partial charge in [0.05, 0.1) is 0 Å². The number of Topliss-reactive ketones (excluding diaryl/α,β-unsaturated/α-hetero) is 1. The molecule has 0 bridgehead atoms. The van der Waals surface area contributed by atoms with Crippen LogP contribution in [-0.4, -0.2) is 208 Å². The van der Waals surface area contributed by atoms with Crippen LogP contribution in [0.4, 0.5) is 9.59 Å². The van der Waals surface area contributed by atoms with Crippen LogP contribution in [0.2, 0.25) is 0 Å². The average molecular weight is 842 g/mol. The molecule has 6 aliphatic heterocycles. The molecule has 59 heavy (non-hydrogen) atoms. The van der Waals surface area contributed by atoms with Gasteiger partial charge in [0.25, 0.3) is 0 Å². The van der Waals surface area contributed by atoms with Gasteiger partial charge < -0.3 is 40.7 Å². The standard InChI is InChI=1S/C16H31N3O2.C11H23N3.C10H19NO2.C7H13NO.B.Na.H/c1-5-17-8-6-14(7-9-17)18-10-12-19(13-11-18)15(20)21-16(2,3)4;1-2-13-7-3-11(4-8-13)14-9-5-12-6-10-14;1-10(2,3)13-9(12)11-7-5-4-6-8-11;1-2-8-5-3-7(9)4-6-8;;;/h14H,5-13H2,1-4H3;11-12H,2-10H2,1H3;4-8H2,1-3H3;2-6H2,1H3;;;/q;;;;;+1;-1. The summed E-state index contributed by atoms with van der Waals surface area (Å²) in [4.78, 5) is 50.6. The van der Waals surface area contributed by atoms with Gasteiger partial charge in [0.1, 0.15) is 17.0 Å². The molecule has 15 heteroatoms. The molecule has 0 aromatic rings. The van der Waals surface area contributed by atoms with Gasteiger partial charge in [0.15, 0.2) is 0 Å². The molecular weight excluding hydrogens is 754 g/mol. The number of nitrogens with zero attached hydrogens (tertiary/aromatic N) is 7. The van der Waals surface area contributed by atoms with E-state index in [1.165, 1.54) is 97.6 Å². The zero-order chi connectivity index (χ0) is 41.8. The van der Waals surface area contributed by atoms with Crippen molar-refractivity contribution in [3.63, 3.8) is 0 Å². The number of ketones is 1. The second-order valence-electron chi connectivity index (χ2n) is 18.6. The molecule has 0 unspecified atom stereocenters. The molecule has 0 aliphatic carbocycles. The Morgan fingerprint density at radius 1 is 0.559 bits per heavy atom. The monoisotopic (exact) mass is 842 g/mol. The van der Waals surface area contributed by atoms with Crippen LogP contribution in [0, 0.1) is 0 Å². The minimum atomic E-state index is -0.402. The smallest absolute Gasteiger partial charge is 1.00 e. The van der Waals surface area contributed by atoms with Crippen molar-refractivity contribution in [1.29, 1.82) is 0 Å². The maximum absolute atomic E-state index is 12.1. The first-order valence-corrected chi connectivity index (χ1v) is 22.9. The SMILES string of the molecule is CC(C)(C)OC(=O)N1CCCCC1.CCN1CCC(=O)CC1.CCN1CCC(N2CCN(C(=O)OC(C)(C)C)CC2)CC1.CCN1CCC(N2CCNCC2)CC1.[B].[H-].[Na+]. The Balaban J connectivity index is 0.000000793. The Kier molecular flexibility index (Phi) is 27.9. The molecule has 3 radical (unpaired) electrons. The summed E-state index contributed by atoms with van der Waals surface area (Å²) >= 11 is 0. The molecule has 1 N–H and O–H groups in total. The van der Waals surface area contributed by atoms with Gasteiger partial charge in [-0.3, -0.25) is 14.6 Å². The molecule has 2 amide bonds. The van der Waals surface area contributed by atoms with Crippen LogP contribution in [0.3, 0.4) is 0 Å². The zero-order valence-electron chi connectivity index (χ0n) is 40.7. The van der Waals surface area contributed by atoms with Crippen molar-refractivity contribution in [1.82, 2.24) is 39.6 Å². The van der Waals surface area contributed by atoms with Crippen LogP contribution in [0.1, 0.15) is 122 Å². The maximum atomic E-state index is 12.1. The number of hydrogen-bond donors (Lipinski definition) is 1. The number of rotatable bonds is 5. The summed E-state index contributed by atoms with van der Waals surface area (Å²) in [5.41, 5.74) is -0.768. The summed E-state index contributed by atoms with van der Waals surface area (Å²) in [6, 6.07) is 1.58. The van der Waals surface area contributed by atoms with Gasteiger partial charge in [-0.1, -0.05) is 20.8 Å². The van der Waals surface area contributed by atoms with E-state index in [9.17, 15) is 14.4 Å². The molecule has 0 spiro atoms. The summed E-state index contributed by atoms with van der Waals surface area (Å²) in [7, 11) is 0. The van der Waals surface area contributed by atoms with Crippen LogP contribution in [-0.2, 0) is 14.3 Å². The maximum Gasteiger partial charge on any atom is 1.00 e. The van der Waals surface area contributed by atoms with Gasteiger partial charge in [-0.25, -0.2) is 9.59 Å². The van der Waals surface area contributed by atoms with E-state index in [0.717, 1.165) is 90.6 Å². The van der Waals surface area contributed by atoms with E-state index in [1.54, 1.807) is 4.90 Å². The summed E-state index contributed by atoms with van der Waals surface area (Å²) in [6.45, 7) is 38.8. The topological polar surface area (TPSA) is 104 Å². The van der Waals surface area contributed by atoms with Gasteiger partial charge in [-0.05, 0) is 132 Å². The first-order chi connectivity index (χ1) is 27.1. The normalized spacial score (nSPS) is 22.5. The summed E-state index contributed by atoms with van der Waals surface area (Å²) in [5.74, 6) is 0.430. The van der Waals surface area contributed by atoms with Crippen molar-refractivity contribution in [2.45, 2.75) is 143 Å². The number of ether oxygens (including phenoxy) is 2. The van der Waals surface area contributed by atoms with E-state index < -0.39 is 5.60 Å². The van der Waals surface area contributed by atoms with Crippen LogP contribution < -0.4 is 34.9 Å². The van der Waals surface area contributed by atoms with Gasteiger partial charge in [0, 0.05) is 112 Å². The molecule has 337 valence electrons. The second-order valence-corrected chi connectivity index (χ2v) is 18.6. The van der Waals surface area contributed by atoms with E-state index in [2.05, 4.69) is 50.6 Å². The summed E-state index contributed by atoms with van der Waals surface area (Å²) in [5, 5.41) is 3.42. The molecule has 6 fully saturated rings. The second kappa shape index (κ2) is 29.4. The number of amides is 2. The number of piperidine rings is 4. The fraction of sp³-hybridized carbons (Fsp3) is 0.932. The Morgan fingerprint density at radius 2 is 0.915 bits per heavy atom. The predicted molar refractivity (Wildman–Crippen MR) is 239 cm³/mol. The Labute approximate surface area is 386 Å². The largest absolute Gasteiger partial charge is 1.00 e. The Bertz CT molecular complexity index is 1140. The van der Waals surface area contributed by atoms with E-state index >= 15 is 0 Å². The summed E-state index contributed by atoms with van der Waals surface area (Å²) in [6.07, 6.45) is 9.97. The summed E-state index contributed by atoms with van der Waals surface area (Å²) < 4.78 is 10.7.